The minimum Gasteiger partial charge on any atom is -0.352 e. The van der Waals surface area contributed by atoms with Crippen molar-refractivity contribution in [3.05, 3.63) is 0 Å². The van der Waals surface area contributed by atoms with Crippen molar-refractivity contribution in [3.63, 3.8) is 0 Å². The molecule has 17 heavy (non-hydrogen) atoms. The highest BCUT2D eigenvalue weighted by Gasteiger charge is 2.22. The van der Waals surface area contributed by atoms with Gasteiger partial charge >= 0.3 is 0 Å². The van der Waals surface area contributed by atoms with Crippen LogP contribution in [0.2, 0.25) is 0 Å². The van der Waals surface area contributed by atoms with Crippen LogP contribution in [-0.2, 0) is 4.79 Å². The molecule has 1 amide bonds. The molecule has 3 nitrogen and oxygen atoms in total. The molecule has 0 aromatic carbocycles. The first-order valence-electron chi connectivity index (χ1n) is 7.40. The van der Waals surface area contributed by atoms with E-state index < -0.39 is 0 Å². The summed E-state index contributed by atoms with van der Waals surface area (Å²) in [6, 6.07) is 0.515. The zero-order valence-corrected chi connectivity index (χ0v) is 10.8. The van der Waals surface area contributed by atoms with Gasteiger partial charge in [-0.05, 0) is 32.2 Å². The Morgan fingerprint density at radius 2 is 1.53 bits per heavy atom. The Morgan fingerprint density at radius 1 is 0.882 bits per heavy atom. The van der Waals surface area contributed by atoms with Crippen LogP contribution in [-0.4, -0.2) is 24.5 Å². The highest BCUT2D eigenvalue weighted by atomic mass is 16.2. The third kappa shape index (κ3) is 4.30. The third-order valence-corrected chi connectivity index (χ3v) is 4.08. The van der Waals surface area contributed by atoms with Gasteiger partial charge in [0.1, 0.15) is 0 Å². The molecule has 2 fully saturated rings. The molecule has 2 rings (SSSR count). The summed E-state index contributed by atoms with van der Waals surface area (Å²) in [7, 11) is 0. The Balaban J connectivity index is 1.75. The summed E-state index contributed by atoms with van der Waals surface area (Å²) in [6.45, 7) is 1.00. The van der Waals surface area contributed by atoms with Crippen LogP contribution >= 0.6 is 0 Å². The molecule has 2 N–H and O–H groups in total. The van der Waals surface area contributed by atoms with Crippen LogP contribution in [0.4, 0.5) is 0 Å². The van der Waals surface area contributed by atoms with Gasteiger partial charge in [-0.2, -0.15) is 0 Å². The van der Waals surface area contributed by atoms with Crippen LogP contribution in [0, 0.1) is 0 Å². The van der Waals surface area contributed by atoms with Gasteiger partial charge in [-0.1, -0.05) is 38.5 Å². The van der Waals surface area contributed by atoms with Crippen LogP contribution in [0.3, 0.4) is 0 Å². The monoisotopic (exact) mass is 238 g/mol. The zero-order chi connectivity index (χ0) is 11.9. The van der Waals surface area contributed by atoms with Crippen molar-refractivity contribution in [2.75, 3.05) is 6.54 Å². The van der Waals surface area contributed by atoms with E-state index in [2.05, 4.69) is 10.6 Å². The summed E-state index contributed by atoms with van der Waals surface area (Å²) in [5.74, 6) is 0.246. The van der Waals surface area contributed by atoms with Gasteiger partial charge in [0.25, 0.3) is 0 Å². The second kappa shape index (κ2) is 7.00. The molecule has 1 aliphatic carbocycles. The van der Waals surface area contributed by atoms with Crippen molar-refractivity contribution in [3.8, 4) is 0 Å². The molecule has 1 saturated carbocycles. The molecule has 1 heterocycles. The van der Waals surface area contributed by atoms with Gasteiger partial charge in [-0.25, -0.2) is 0 Å². The summed E-state index contributed by atoms with van der Waals surface area (Å²) < 4.78 is 0. The SMILES string of the molecule is O=C(NC1CCCCCCC1)[C@@H]1CCCCN1. The van der Waals surface area contributed by atoms with E-state index in [0.717, 1.165) is 13.0 Å². The maximum Gasteiger partial charge on any atom is 0.237 e. The molecule has 98 valence electrons. The van der Waals surface area contributed by atoms with Crippen LogP contribution < -0.4 is 10.6 Å². The fourth-order valence-corrected chi connectivity index (χ4v) is 2.98. The molecule has 0 radical (unpaired) electrons. The highest BCUT2D eigenvalue weighted by Crippen LogP contribution is 2.17. The van der Waals surface area contributed by atoms with Crippen LogP contribution in [0.15, 0.2) is 0 Å². The van der Waals surface area contributed by atoms with Crippen molar-refractivity contribution >= 4 is 5.91 Å². The van der Waals surface area contributed by atoms with E-state index in [1.165, 1.54) is 57.8 Å². The molecule has 3 heteroatoms. The van der Waals surface area contributed by atoms with Gasteiger partial charge < -0.3 is 10.6 Å². The number of piperidine rings is 1. The van der Waals surface area contributed by atoms with E-state index in [-0.39, 0.29) is 11.9 Å². The third-order valence-electron chi connectivity index (χ3n) is 4.08. The topological polar surface area (TPSA) is 41.1 Å². The highest BCUT2D eigenvalue weighted by molar-refractivity contribution is 5.82. The van der Waals surface area contributed by atoms with E-state index in [4.69, 9.17) is 0 Å². The standard InChI is InChI=1S/C14H26N2O/c17-14(13-10-6-7-11-15-13)16-12-8-4-2-1-3-5-9-12/h12-13,15H,1-11H2,(H,16,17)/t13-/m0/s1. The first-order chi connectivity index (χ1) is 8.36. The summed E-state index contributed by atoms with van der Waals surface area (Å²) in [6.07, 6.45) is 12.4. The second-order valence-electron chi connectivity index (χ2n) is 5.55. The molecule has 0 unspecified atom stereocenters. The quantitative estimate of drug-likeness (QED) is 0.775. The average molecular weight is 238 g/mol. The average Bonchev–Trinajstić information content (AvgIpc) is 2.33. The Bertz CT molecular complexity index is 228. The maximum absolute atomic E-state index is 12.1. The molecule has 1 aliphatic heterocycles. The predicted octanol–water partition coefficient (Wildman–Crippen LogP) is 2.36. The van der Waals surface area contributed by atoms with Gasteiger partial charge in [-0.3, -0.25) is 4.79 Å². The Labute approximate surface area is 105 Å². The number of hydrogen-bond donors (Lipinski definition) is 2. The first-order valence-corrected chi connectivity index (χ1v) is 7.40. The van der Waals surface area contributed by atoms with Crippen molar-refractivity contribution in [2.24, 2.45) is 0 Å². The van der Waals surface area contributed by atoms with Gasteiger partial charge in [0, 0.05) is 6.04 Å². The number of rotatable bonds is 2. The van der Waals surface area contributed by atoms with Crippen molar-refractivity contribution < 1.29 is 4.79 Å². The van der Waals surface area contributed by atoms with Gasteiger partial charge in [-0.15, -0.1) is 0 Å². The molecule has 1 atom stereocenters. The number of carbonyl (C=O) groups excluding carboxylic acids is 1. The lowest BCUT2D eigenvalue weighted by atomic mass is 9.96. The zero-order valence-electron chi connectivity index (χ0n) is 10.8. The van der Waals surface area contributed by atoms with E-state index >= 15 is 0 Å². The number of amides is 1. The summed E-state index contributed by atoms with van der Waals surface area (Å²) in [4.78, 5) is 12.1. The second-order valence-corrected chi connectivity index (χ2v) is 5.55. The Kier molecular flexibility index (Phi) is 5.30. The number of hydrogen-bond acceptors (Lipinski definition) is 2. The molecule has 2 aliphatic rings. The number of carbonyl (C=O) groups is 1. The van der Waals surface area contributed by atoms with Gasteiger partial charge in [0.2, 0.25) is 5.91 Å². The van der Waals surface area contributed by atoms with Crippen molar-refractivity contribution in [1.82, 2.24) is 10.6 Å². The molecule has 0 aromatic heterocycles. The van der Waals surface area contributed by atoms with E-state index in [1.54, 1.807) is 0 Å². The van der Waals surface area contributed by atoms with Gasteiger partial charge in [0.15, 0.2) is 0 Å². The fraction of sp³-hybridized carbons (Fsp3) is 0.929. The molecular formula is C14H26N2O. The normalized spacial score (nSPS) is 28.1. The summed E-state index contributed by atoms with van der Waals surface area (Å²) in [5, 5.41) is 6.58. The largest absolute Gasteiger partial charge is 0.352 e. The Morgan fingerprint density at radius 3 is 2.18 bits per heavy atom. The smallest absolute Gasteiger partial charge is 0.237 e. The summed E-state index contributed by atoms with van der Waals surface area (Å²) >= 11 is 0. The Hall–Kier alpha value is -0.570. The van der Waals surface area contributed by atoms with Gasteiger partial charge in [0.05, 0.1) is 6.04 Å². The predicted molar refractivity (Wildman–Crippen MR) is 69.9 cm³/mol. The molecule has 0 bridgehead atoms. The van der Waals surface area contributed by atoms with Crippen molar-refractivity contribution in [2.45, 2.75) is 76.3 Å². The lowest BCUT2D eigenvalue weighted by molar-refractivity contribution is -0.124. The summed E-state index contributed by atoms with van der Waals surface area (Å²) in [5.41, 5.74) is 0. The molecular weight excluding hydrogens is 212 g/mol. The van der Waals surface area contributed by atoms with Crippen LogP contribution in [0.5, 0.6) is 0 Å². The maximum atomic E-state index is 12.1. The van der Waals surface area contributed by atoms with E-state index in [0.29, 0.717) is 6.04 Å². The first kappa shape index (κ1) is 12.9. The minimum absolute atomic E-state index is 0.0780. The minimum atomic E-state index is 0.0780. The lowest BCUT2D eigenvalue weighted by Crippen LogP contribution is -2.49. The van der Waals surface area contributed by atoms with Crippen molar-refractivity contribution in [1.29, 1.82) is 0 Å². The van der Waals surface area contributed by atoms with E-state index in [9.17, 15) is 4.79 Å². The fourth-order valence-electron chi connectivity index (χ4n) is 2.98. The molecule has 1 saturated heterocycles. The number of nitrogens with one attached hydrogen (secondary N) is 2. The molecule has 0 aromatic rings. The molecule has 0 spiro atoms. The lowest BCUT2D eigenvalue weighted by Gasteiger charge is -2.27. The van der Waals surface area contributed by atoms with Crippen LogP contribution in [0.1, 0.15) is 64.2 Å². The van der Waals surface area contributed by atoms with E-state index in [1.807, 2.05) is 0 Å². The van der Waals surface area contributed by atoms with Crippen LogP contribution in [0.25, 0.3) is 0 Å².